The number of phosphoric acid groups is 1. The van der Waals surface area contributed by atoms with Crippen LogP contribution in [0.2, 0.25) is 0 Å². The normalized spacial score (nSPS) is 12.9. The third-order valence-electron chi connectivity index (χ3n) is 7.67. The van der Waals surface area contributed by atoms with E-state index in [2.05, 4.69) is 66.6 Å². The van der Waals surface area contributed by atoms with E-state index in [-0.39, 0.29) is 19.4 Å². The molecule has 0 aliphatic carbocycles. The summed E-state index contributed by atoms with van der Waals surface area (Å²) >= 11 is 0. The molecular weight excluding hydrogens is 627 g/mol. The first-order chi connectivity index (χ1) is 23.3. The van der Waals surface area contributed by atoms with Crippen molar-refractivity contribution in [3.63, 3.8) is 0 Å². The molecule has 0 fully saturated rings. The van der Waals surface area contributed by atoms with Gasteiger partial charge in [-0.2, -0.15) is 0 Å². The topological polar surface area (TPSA) is 119 Å². The van der Waals surface area contributed by atoms with Gasteiger partial charge in [-0.15, -0.1) is 6.58 Å². The van der Waals surface area contributed by atoms with Crippen molar-refractivity contribution in [3.05, 3.63) is 61.3 Å². The van der Waals surface area contributed by atoms with Crippen molar-refractivity contribution in [3.8, 4) is 0 Å². The molecule has 0 spiro atoms. The first-order valence-corrected chi connectivity index (χ1v) is 20.1. The van der Waals surface area contributed by atoms with Crippen LogP contribution < -0.4 is 0 Å². The quantitative estimate of drug-likeness (QED) is 0.0296. The van der Waals surface area contributed by atoms with Crippen molar-refractivity contribution in [2.75, 3.05) is 13.2 Å². The van der Waals surface area contributed by atoms with E-state index in [1.807, 2.05) is 6.08 Å². The lowest BCUT2D eigenvalue weighted by atomic mass is 10.0. The van der Waals surface area contributed by atoms with E-state index in [1.165, 1.54) is 57.8 Å². The maximum Gasteiger partial charge on any atom is 0.469 e. The highest BCUT2D eigenvalue weighted by Gasteiger charge is 2.22. The summed E-state index contributed by atoms with van der Waals surface area (Å²) in [5.41, 5.74) is 0. The minimum atomic E-state index is -4.76. The number of hydrogen-bond acceptors (Lipinski definition) is 6. The van der Waals surface area contributed by atoms with Crippen LogP contribution >= 0.6 is 7.82 Å². The monoisotopic (exact) mass is 694 g/mol. The second-order valence-electron chi connectivity index (χ2n) is 12.3. The van der Waals surface area contributed by atoms with Crippen LogP contribution in [0.15, 0.2) is 61.3 Å². The Morgan fingerprint density at radius 2 is 1.04 bits per heavy atom. The number of allylic oxidation sites excluding steroid dienone is 9. The number of ether oxygens (including phenoxy) is 2. The van der Waals surface area contributed by atoms with Crippen molar-refractivity contribution >= 4 is 19.8 Å². The van der Waals surface area contributed by atoms with Gasteiger partial charge < -0.3 is 19.3 Å². The molecule has 0 saturated heterocycles. The average molecular weight is 695 g/mol. The molecule has 0 amide bonds. The van der Waals surface area contributed by atoms with Gasteiger partial charge in [0.2, 0.25) is 0 Å². The van der Waals surface area contributed by atoms with Crippen LogP contribution in [0.1, 0.15) is 155 Å². The second kappa shape index (κ2) is 34.6. The number of carbonyl (C=O) groups is 2. The molecule has 48 heavy (non-hydrogen) atoms. The Kier molecular flexibility index (Phi) is 33.0. The highest BCUT2D eigenvalue weighted by atomic mass is 31.2. The van der Waals surface area contributed by atoms with Crippen molar-refractivity contribution in [2.24, 2.45) is 0 Å². The van der Waals surface area contributed by atoms with E-state index in [0.29, 0.717) is 12.8 Å². The number of hydrogen-bond donors (Lipinski definition) is 2. The molecule has 8 nitrogen and oxygen atoms in total. The molecule has 0 saturated carbocycles. The predicted molar refractivity (Wildman–Crippen MR) is 197 cm³/mol. The molecule has 0 aromatic carbocycles. The fourth-order valence-electron chi connectivity index (χ4n) is 4.93. The first kappa shape index (κ1) is 45.8. The zero-order valence-corrected chi connectivity index (χ0v) is 30.8. The van der Waals surface area contributed by atoms with E-state index in [9.17, 15) is 14.2 Å². The molecule has 0 aromatic rings. The van der Waals surface area contributed by atoms with E-state index < -0.39 is 32.5 Å². The lowest BCUT2D eigenvalue weighted by Gasteiger charge is -2.18. The van der Waals surface area contributed by atoms with Gasteiger partial charge in [-0.25, -0.2) is 4.57 Å². The Balaban J connectivity index is 4.03. The van der Waals surface area contributed by atoms with Crippen LogP contribution in [0.25, 0.3) is 0 Å². The maximum atomic E-state index is 12.4. The van der Waals surface area contributed by atoms with Crippen molar-refractivity contribution in [1.29, 1.82) is 0 Å². The highest BCUT2D eigenvalue weighted by molar-refractivity contribution is 7.46. The molecule has 1 atom stereocenters. The fourth-order valence-corrected chi connectivity index (χ4v) is 5.29. The summed E-state index contributed by atoms with van der Waals surface area (Å²) in [6.45, 7) is 5.03. The second-order valence-corrected chi connectivity index (χ2v) is 13.5. The minimum Gasteiger partial charge on any atom is -0.462 e. The SMILES string of the molecule is C=CCCCCCCCCCCCCCCCC(=O)O[C@H](COC(=O)CCCC/C=C/C/C=C/C/C=C/C/C=C/CC)COP(=O)(O)O. The third kappa shape index (κ3) is 36.6. The summed E-state index contributed by atoms with van der Waals surface area (Å²) in [5.74, 6) is -0.940. The molecule has 0 rings (SSSR count). The minimum absolute atomic E-state index is 0.199. The number of carbonyl (C=O) groups excluding carboxylic acids is 2. The fraction of sp³-hybridized carbons (Fsp3) is 0.692. The van der Waals surface area contributed by atoms with Crippen LogP contribution in [-0.2, 0) is 28.2 Å². The number of rotatable bonds is 34. The first-order valence-electron chi connectivity index (χ1n) is 18.5. The van der Waals surface area contributed by atoms with Crippen LogP contribution in [-0.4, -0.2) is 41.0 Å². The molecule has 0 heterocycles. The average Bonchev–Trinajstić information content (AvgIpc) is 3.05. The summed E-state index contributed by atoms with van der Waals surface area (Å²) < 4.78 is 26.3. The van der Waals surface area contributed by atoms with E-state index in [1.54, 1.807) is 0 Å². The van der Waals surface area contributed by atoms with E-state index >= 15 is 0 Å². The van der Waals surface area contributed by atoms with Gasteiger partial charge in [-0.3, -0.25) is 14.1 Å². The zero-order valence-electron chi connectivity index (χ0n) is 29.9. The third-order valence-corrected chi connectivity index (χ3v) is 8.15. The van der Waals surface area contributed by atoms with Crippen molar-refractivity contribution in [1.82, 2.24) is 0 Å². The summed E-state index contributed by atoms with van der Waals surface area (Å²) in [5, 5.41) is 0. The predicted octanol–water partition coefficient (Wildman–Crippen LogP) is 11.0. The number of phosphoric ester groups is 1. The summed E-state index contributed by atoms with van der Waals surface area (Å²) in [6.07, 6.45) is 41.2. The Morgan fingerprint density at radius 3 is 1.56 bits per heavy atom. The van der Waals surface area contributed by atoms with Crippen LogP contribution in [0, 0.1) is 0 Å². The number of esters is 2. The standard InChI is InChI=1S/C39H67O8P/c1-3-5-7-9-11-13-15-17-19-21-23-25-27-29-31-33-38(40)45-35-37(36-46-48(42,43)44)47-39(41)34-32-30-28-26-24-22-20-18-16-14-12-10-8-6-4-2/h4-5,7,11,13,17,19,23,25,37H,2-3,6,8-10,12,14-16,18,20-22,24,26-36H2,1H3,(H2,42,43,44)/b7-5+,13-11+,19-17+,25-23+/t37-/m1/s1. The Bertz CT molecular complexity index is 950. The van der Waals surface area contributed by atoms with Gasteiger partial charge in [-0.05, 0) is 64.2 Å². The molecular formula is C39H67O8P. The van der Waals surface area contributed by atoms with Crippen LogP contribution in [0.5, 0.6) is 0 Å². The Hall–Kier alpha value is -2.25. The maximum absolute atomic E-state index is 12.4. The van der Waals surface area contributed by atoms with Crippen LogP contribution in [0.3, 0.4) is 0 Å². The largest absolute Gasteiger partial charge is 0.469 e. The molecule has 0 bridgehead atoms. The molecule has 0 aromatic heterocycles. The summed E-state index contributed by atoms with van der Waals surface area (Å²) in [7, 11) is -4.76. The molecule has 9 heteroatoms. The van der Waals surface area contributed by atoms with Crippen molar-refractivity contribution in [2.45, 2.75) is 161 Å². The number of unbranched alkanes of at least 4 members (excludes halogenated alkanes) is 15. The zero-order chi connectivity index (χ0) is 35.4. The molecule has 0 aliphatic heterocycles. The highest BCUT2D eigenvalue weighted by Crippen LogP contribution is 2.36. The van der Waals surface area contributed by atoms with Gasteiger partial charge in [0.05, 0.1) is 6.61 Å². The van der Waals surface area contributed by atoms with Gasteiger partial charge in [0.1, 0.15) is 6.61 Å². The van der Waals surface area contributed by atoms with E-state index in [0.717, 1.165) is 64.2 Å². The molecule has 2 N–H and O–H groups in total. The van der Waals surface area contributed by atoms with Gasteiger partial charge in [-0.1, -0.05) is 132 Å². The molecule has 276 valence electrons. The lowest BCUT2D eigenvalue weighted by Crippen LogP contribution is -2.29. The van der Waals surface area contributed by atoms with Crippen LogP contribution in [0.4, 0.5) is 0 Å². The Morgan fingerprint density at radius 1 is 0.604 bits per heavy atom. The van der Waals surface area contributed by atoms with Gasteiger partial charge >= 0.3 is 19.8 Å². The molecule has 0 unspecified atom stereocenters. The smallest absolute Gasteiger partial charge is 0.462 e. The Labute approximate surface area is 292 Å². The molecule has 0 aliphatic rings. The van der Waals surface area contributed by atoms with Crippen molar-refractivity contribution < 1.29 is 37.9 Å². The van der Waals surface area contributed by atoms with Gasteiger partial charge in [0.15, 0.2) is 6.10 Å². The summed E-state index contributed by atoms with van der Waals surface area (Å²) in [4.78, 5) is 42.7. The summed E-state index contributed by atoms with van der Waals surface area (Å²) in [6, 6.07) is 0. The molecule has 0 radical (unpaired) electrons. The van der Waals surface area contributed by atoms with Gasteiger partial charge in [0.25, 0.3) is 0 Å². The lowest BCUT2D eigenvalue weighted by molar-refractivity contribution is -0.161. The van der Waals surface area contributed by atoms with Gasteiger partial charge in [0, 0.05) is 12.8 Å². The van der Waals surface area contributed by atoms with E-state index in [4.69, 9.17) is 19.3 Å².